The lowest BCUT2D eigenvalue weighted by atomic mass is 10.1. The van der Waals surface area contributed by atoms with Crippen LogP contribution in [-0.2, 0) is 11.0 Å². The number of carbonyl (C=O) groups excluding carboxylic acids is 2. The SMILES string of the molecule is CCCCCCC(=O)NCCCN(C(=O)c1ccccc1C)c1cccc(C(F)(F)F)c1. The number of nitrogens with one attached hydrogen (secondary N) is 1. The molecule has 0 atom stereocenters. The molecule has 0 aromatic heterocycles. The van der Waals surface area contributed by atoms with Crippen molar-refractivity contribution in [2.24, 2.45) is 0 Å². The van der Waals surface area contributed by atoms with Gasteiger partial charge in [0, 0.05) is 30.8 Å². The Balaban J connectivity index is 2.10. The number of hydrogen-bond acceptors (Lipinski definition) is 2. The van der Waals surface area contributed by atoms with E-state index in [1.54, 1.807) is 31.2 Å². The van der Waals surface area contributed by atoms with E-state index in [0.29, 0.717) is 24.9 Å². The largest absolute Gasteiger partial charge is 0.416 e. The molecule has 1 N–H and O–H groups in total. The number of unbranched alkanes of at least 4 members (excludes halogenated alkanes) is 3. The molecule has 0 fully saturated rings. The van der Waals surface area contributed by atoms with Gasteiger partial charge >= 0.3 is 6.18 Å². The molecule has 7 heteroatoms. The molecule has 0 saturated carbocycles. The number of halogens is 3. The Kier molecular flexibility index (Phi) is 9.75. The molecule has 2 amide bonds. The lowest BCUT2D eigenvalue weighted by Crippen LogP contribution is -2.35. The van der Waals surface area contributed by atoms with Gasteiger partial charge in [-0.3, -0.25) is 9.59 Å². The summed E-state index contributed by atoms with van der Waals surface area (Å²) in [6.45, 7) is 4.43. The van der Waals surface area contributed by atoms with Gasteiger partial charge in [-0.2, -0.15) is 13.2 Å². The predicted octanol–water partition coefficient (Wildman–Crippen LogP) is 6.14. The average molecular weight is 449 g/mol. The summed E-state index contributed by atoms with van der Waals surface area (Å²) in [4.78, 5) is 26.5. The van der Waals surface area contributed by atoms with E-state index < -0.39 is 11.7 Å². The van der Waals surface area contributed by atoms with Crippen LogP contribution in [0.1, 0.15) is 66.9 Å². The van der Waals surface area contributed by atoms with Crippen LogP contribution in [0.3, 0.4) is 0 Å². The molecule has 0 spiro atoms. The van der Waals surface area contributed by atoms with Crippen LogP contribution in [0.25, 0.3) is 0 Å². The quantitative estimate of drug-likeness (QED) is 0.420. The number of rotatable bonds is 11. The molecule has 0 aliphatic carbocycles. The zero-order valence-electron chi connectivity index (χ0n) is 18.7. The molecular weight excluding hydrogens is 417 g/mol. The average Bonchev–Trinajstić information content (AvgIpc) is 2.76. The van der Waals surface area contributed by atoms with Crippen molar-refractivity contribution in [3.8, 4) is 0 Å². The van der Waals surface area contributed by atoms with Gasteiger partial charge < -0.3 is 10.2 Å². The molecule has 2 rings (SSSR count). The molecule has 0 aliphatic heterocycles. The van der Waals surface area contributed by atoms with E-state index in [2.05, 4.69) is 12.2 Å². The number of nitrogens with zero attached hydrogens (tertiary/aromatic N) is 1. The van der Waals surface area contributed by atoms with E-state index in [1.165, 1.54) is 17.0 Å². The summed E-state index contributed by atoms with van der Waals surface area (Å²) >= 11 is 0. The summed E-state index contributed by atoms with van der Waals surface area (Å²) in [5, 5.41) is 2.84. The molecule has 4 nitrogen and oxygen atoms in total. The predicted molar refractivity (Wildman–Crippen MR) is 121 cm³/mol. The topological polar surface area (TPSA) is 49.4 Å². The summed E-state index contributed by atoms with van der Waals surface area (Å²) in [7, 11) is 0. The monoisotopic (exact) mass is 448 g/mol. The molecule has 0 saturated heterocycles. The van der Waals surface area contributed by atoms with Crippen molar-refractivity contribution in [3.63, 3.8) is 0 Å². The first kappa shape index (κ1) is 25.4. The second-order valence-corrected chi connectivity index (χ2v) is 7.83. The van der Waals surface area contributed by atoms with E-state index in [4.69, 9.17) is 0 Å². The van der Waals surface area contributed by atoms with Gasteiger partial charge in [0.05, 0.1) is 5.56 Å². The van der Waals surface area contributed by atoms with Gasteiger partial charge in [-0.05, 0) is 49.6 Å². The first-order valence-electron chi connectivity index (χ1n) is 11.1. The molecule has 0 heterocycles. The third kappa shape index (κ3) is 7.70. The van der Waals surface area contributed by atoms with Crippen LogP contribution in [0.2, 0.25) is 0 Å². The molecular formula is C25H31F3N2O2. The van der Waals surface area contributed by atoms with E-state index in [1.807, 2.05) is 0 Å². The van der Waals surface area contributed by atoms with Crippen molar-refractivity contribution in [2.45, 2.75) is 58.5 Å². The van der Waals surface area contributed by atoms with Crippen LogP contribution in [0.4, 0.5) is 18.9 Å². The normalized spacial score (nSPS) is 11.3. The van der Waals surface area contributed by atoms with Gasteiger partial charge in [0.15, 0.2) is 0 Å². The summed E-state index contributed by atoms with van der Waals surface area (Å²) < 4.78 is 39.6. The van der Waals surface area contributed by atoms with Gasteiger partial charge in [0.2, 0.25) is 5.91 Å². The van der Waals surface area contributed by atoms with E-state index in [-0.39, 0.29) is 24.0 Å². The second kappa shape index (κ2) is 12.3. The van der Waals surface area contributed by atoms with E-state index >= 15 is 0 Å². The Morgan fingerprint density at radius 1 is 0.969 bits per heavy atom. The highest BCUT2D eigenvalue weighted by atomic mass is 19.4. The molecule has 2 aromatic rings. The van der Waals surface area contributed by atoms with Gasteiger partial charge in [0.25, 0.3) is 5.91 Å². The van der Waals surface area contributed by atoms with Crippen molar-refractivity contribution < 1.29 is 22.8 Å². The smallest absolute Gasteiger partial charge is 0.356 e. The van der Waals surface area contributed by atoms with Crippen molar-refractivity contribution in [1.82, 2.24) is 5.32 Å². The zero-order valence-corrected chi connectivity index (χ0v) is 18.7. The van der Waals surface area contributed by atoms with Crippen molar-refractivity contribution in [2.75, 3.05) is 18.0 Å². The number of amides is 2. The Bertz CT molecular complexity index is 897. The lowest BCUT2D eigenvalue weighted by Gasteiger charge is -2.25. The minimum atomic E-state index is -4.50. The maximum absolute atomic E-state index is 13.2. The van der Waals surface area contributed by atoms with Gasteiger partial charge in [-0.15, -0.1) is 0 Å². The summed E-state index contributed by atoms with van der Waals surface area (Å²) in [6.07, 6.45) is 0.426. The van der Waals surface area contributed by atoms with E-state index in [0.717, 1.165) is 43.4 Å². The highest BCUT2D eigenvalue weighted by molar-refractivity contribution is 6.07. The van der Waals surface area contributed by atoms with Crippen LogP contribution < -0.4 is 10.2 Å². The van der Waals surface area contributed by atoms with Crippen molar-refractivity contribution in [1.29, 1.82) is 0 Å². The van der Waals surface area contributed by atoms with Crippen LogP contribution in [0, 0.1) is 6.92 Å². The number of anilines is 1. The van der Waals surface area contributed by atoms with Gasteiger partial charge in [-0.25, -0.2) is 0 Å². The third-order valence-corrected chi connectivity index (χ3v) is 5.24. The Hall–Kier alpha value is -2.83. The molecule has 0 aliphatic rings. The van der Waals surface area contributed by atoms with Crippen LogP contribution in [0.5, 0.6) is 0 Å². The van der Waals surface area contributed by atoms with Gasteiger partial charge in [-0.1, -0.05) is 50.5 Å². The lowest BCUT2D eigenvalue weighted by molar-refractivity contribution is -0.137. The number of alkyl halides is 3. The van der Waals surface area contributed by atoms with Crippen LogP contribution >= 0.6 is 0 Å². The number of hydrogen-bond donors (Lipinski definition) is 1. The fourth-order valence-electron chi connectivity index (χ4n) is 3.42. The fraction of sp³-hybridized carbons (Fsp3) is 0.440. The highest BCUT2D eigenvalue weighted by Gasteiger charge is 2.31. The third-order valence-electron chi connectivity index (χ3n) is 5.24. The Labute approximate surface area is 187 Å². The Morgan fingerprint density at radius 3 is 2.41 bits per heavy atom. The Morgan fingerprint density at radius 2 is 1.72 bits per heavy atom. The maximum Gasteiger partial charge on any atom is 0.416 e. The standard InChI is InChI=1S/C25H31F3N2O2/c1-3-4-5-6-15-23(31)29-16-10-17-30(24(32)22-14-8-7-11-19(22)2)21-13-9-12-20(18-21)25(26,27)28/h7-9,11-14,18H,3-6,10,15-17H2,1-2H3,(H,29,31). The summed E-state index contributed by atoms with van der Waals surface area (Å²) in [5.74, 6) is -0.412. The van der Waals surface area contributed by atoms with Crippen LogP contribution in [-0.4, -0.2) is 24.9 Å². The molecule has 0 bridgehead atoms. The minimum absolute atomic E-state index is 0.0445. The zero-order chi connectivity index (χ0) is 23.6. The van der Waals surface area contributed by atoms with Crippen molar-refractivity contribution in [3.05, 3.63) is 65.2 Å². The van der Waals surface area contributed by atoms with Crippen molar-refractivity contribution >= 4 is 17.5 Å². The fourth-order valence-corrected chi connectivity index (χ4v) is 3.42. The molecule has 0 radical (unpaired) electrons. The molecule has 0 unspecified atom stereocenters. The highest BCUT2D eigenvalue weighted by Crippen LogP contribution is 2.32. The first-order chi connectivity index (χ1) is 15.2. The summed E-state index contributed by atoms with van der Waals surface area (Å²) in [6, 6.07) is 11.8. The first-order valence-corrected chi connectivity index (χ1v) is 11.1. The number of carbonyl (C=O) groups is 2. The molecule has 32 heavy (non-hydrogen) atoms. The minimum Gasteiger partial charge on any atom is -0.356 e. The maximum atomic E-state index is 13.2. The molecule has 2 aromatic carbocycles. The molecule has 174 valence electrons. The van der Waals surface area contributed by atoms with Crippen LogP contribution in [0.15, 0.2) is 48.5 Å². The van der Waals surface area contributed by atoms with Gasteiger partial charge in [0.1, 0.15) is 0 Å². The number of aryl methyl sites for hydroxylation is 1. The number of benzene rings is 2. The van der Waals surface area contributed by atoms with E-state index in [9.17, 15) is 22.8 Å². The summed E-state index contributed by atoms with van der Waals surface area (Å²) in [5.41, 5.74) is 0.552. The second-order valence-electron chi connectivity index (χ2n) is 7.83.